The third kappa shape index (κ3) is 8.48. The largest absolute Gasteiger partial charge is 0.379 e. The summed E-state index contributed by atoms with van der Waals surface area (Å²) >= 11 is 12.3. The van der Waals surface area contributed by atoms with E-state index in [0.29, 0.717) is 41.1 Å². The summed E-state index contributed by atoms with van der Waals surface area (Å²) in [4.78, 5) is 45.3. The molecule has 3 aromatic rings. The van der Waals surface area contributed by atoms with Crippen LogP contribution in [0.4, 0.5) is 5.69 Å². The van der Waals surface area contributed by atoms with Gasteiger partial charge in [-0.2, -0.15) is 0 Å². The Balaban J connectivity index is 1.59. The van der Waals surface area contributed by atoms with Gasteiger partial charge in [0.2, 0.25) is 11.8 Å². The van der Waals surface area contributed by atoms with E-state index < -0.39 is 5.91 Å². The van der Waals surface area contributed by atoms with Crippen LogP contribution in [-0.4, -0.2) is 99.5 Å². The Hall–Kier alpha value is -3.63. The predicted molar refractivity (Wildman–Crippen MR) is 171 cm³/mol. The normalized spacial score (nSPS) is 14.2. The minimum atomic E-state index is -0.571. The first-order valence-electron chi connectivity index (χ1n) is 14.0. The zero-order valence-electron chi connectivity index (χ0n) is 24.6. The number of benzene rings is 3. The van der Waals surface area contributed by atoms with Crippen LogP contribution in [0.5, 0.6) is 0 Å². The monoisotopic (exact) mass is 625 g/mol. The number of halogens is 2. The standard InChI is InChI=1S/C32H37Cl2N5O4/c1-36(2)32(42)25-6-4-5-24(17-25)22-7-9-23(10-8-22)29(19-38-13-15-43-16-14-38)37(3)31(41)21-39(20-30(35)40)26-11-12-27(33)28(34)18-26/h4-12,17-18,29H,13-16,19-21H2,1-3H3,(H2,35,40). The van der Waals surface area contributed by atoms with Crippen molar-refractivity contribution in [2.24, 2.45) is 5.73 Å². The maximum Gasteiger partial charge on any atom is 0.253 e. The van der Waals surface area contributed by atoms with E-state index in [4.69, 9.17) is 33.7 Å². The number of carbonyl (C=O) groups excluding carboxylic acids is 3. The second-order valence-corrected chi connectivity index (χ2v) is 11.6. The molecule has 1 unspecified atom stereocenters. The number of ether oxygens (including phenoxy) is 1. The Labute approximate surface area is 262 Å². The molecule has 0 aromatic heterocycles. The van der Waals surface area contributed by atoms with Crippen LogP contribution in [0.3, 0.4) is 0 Å². The first-order valence-corrected chi connectivity index (χ1v) is 14.7. The summed E-state index contributed by atoms with van der Waals surface area (Å²) in [5.41, 5.74) is 9.56. The molecule has 0 saturated carbocycles. The van der Waals surface area contributed by atoms with E-state index in [9.17, 15) is 14.4 Å². The first kappa shape index (κ1) is 32.3. The number of carbonyl (C=O) groups is 3. The third-order valence-corrected chi connectivity index (χ3v) is 8.22. The van der Waals surface area contributed by atoms with Crippen LogP contribution in [-0.2, 0) is 14.3 Å². The molecule has 3 amide bonds. The molecule has 11 heteroatoms. The lowest BCUT2D eigenvalue weighted by molar-refractivity contribution is -0.131. The highest BCUT2D eigenvalue weighted by atomic mass is 35.5. The highest BCUT2D eigenvalue weighted by Gasteiger charge is 2.27. The van der Waals surface area contributed by atoms with Crippen LogP contribution >= 0.6 is 23.2 Å². The second kappa shape index (κ2) is 14.7. The minimum absolute atomic E-state index is 0.0598. The summed E-state index contributed by atoms with van der Waals surface area (Å²) in [6.45, 7) is 3.17. The number of likely N-dealkylation sites (N-methyl/N-ethyl adjacent to an activating group) is 1. The van der Waals surface area contributed by atoms with Gasteiger partial charge in [-0.05, 0) is 47.0 Å². The first-order chi connectivity index (χ1) is 20.5. The predicted octanol–water partition coefficient (Wildman–Crippen LogP) is 4.19. The average molecular weight is 627 g/mol. The van der Waals surface area contributed by atoms with Crippen LogP contribution < -0.4 is 10.6 Å². The molecule has 9 nitrogen and oxygen atoms in total. The van der Waals surface area contributed by atoms with Crippen molar-refractivity contribution in [1.82, 2.24) is 14.7 Å². The number of morpholine rings is 1. The van der Waals surface area contributed by atoms with Gasteiger partial charge in [-0.25, -0.2) is 0 Å². The Morgan fingerprint density at radius 2 is 1.58 bits per heavy atom. The Kier molecular flexibility index (Phi) is 11.0. The van der Waals surface area contributed by atoms with E-state index in [-0.39, 0.29) is 30.9 Å². The highest BCUT2D eigenvalue weighted by molar-refractivity contribution is 6.42. The summed E-state index contributed by atoms with van der Waals surface area (Å²) in [7, 11) is 5.23. The van der Waals surface area contributed by atoms with Crippen LogP contribution in [0.15, 0.2) is 66.7 Å². The van der Waals surface area contributed by atoms with Crippen molar-refractivity contribution in [3.63, 3.8) is 0 Å². The lowest BCUT2D eigenvalue weighted by Crippen LogP contribution is -2.47. The number of amides is 3. The van der Waals surface area contributed by atoms with E-state index in [0.717, 1.165) is 29.8 Å². The molecule has 0 radical (unpaired) electrons. The zero-order chi connectivity index (χ0) is 31.1. The molecule has 228 valence electrons. The number of hydrogen-bond donors (Lipinski definition) is 1. The molecule has 1 aliphatic heterocycles. The molecule has 1 atom stereocenters. The van der Waals surface area contributed by atoms with Crippen LogP contribution in [0, 0.1) is 0 Å². The molecule has 0 bridgehead atoms. The molecule has 1 fully saturated rings. The molecule has 43 heavy (non-hydrogen) atoms. The molecule has 0 spiro atoms. The maximum absolute atomic E-state index is 13.8. The van der Waals surface area contributed by atoms with Crippen molar-refractivity contribution >= 4 is 46.6 Å². The summed E-state index contributed by atoms with van der Waals surface area (Å²) in [6, 6.07) is 20.3. The summed E-state index contributed by atoms with van der Waals surface area (Å²) < 4.78 is 5.54. The lowest BCUT2D eigenvalue weighted by Gasteiger charge is -2.36. The molecular weight excluding hydrogens is 589 g/mol. The summed E-state index contributed by atoms with van der Waals surface area (Å²) in [5, 5.41) is 0.689. The van der Waals surface area contributed by atoms with Crippen molar-refractivity contribution in [2.45, 2.75) is 6.04 Å². The van der Waals surface area contributed by atoms with E-state index in [2.05, 4.69) is 4.90 Å². The van der Waals surface area contributed by atoms with E-state index in [1.54, 1.807) is 60.1 Å². The van der Waals surface area contributed by atoms with Gasteiger partial charge in [-0.3, -0.25) is 19.3 Å². The van der Waals surface area contributed by atoms with Gasteiger partial charge in [-0.1, -0.05) is 59.6 Å². The third-order valence-electron chi connectivity index (χ3n) is 7.48. The molecule has 4 rings (SSSR count). The number of hydrogen-bond acceptors (Lipinski definition) is 6. The van der Waals surface area contributed by atoms with Gasteiger partial charge in [0.15, 0.2) is 0 Å². The quantitative estimate of drug-likeness (QED) is 0.343. The van der Waals surface area contributed by atoms with Crippen LogP contribution in [0.1, 0.15) is 22.0 Å². The molecule has 1 saturated heterocycles. The Morgan fingerprint density at radius 3 is 2.21 bits per heavy atom. The van der Waals surface area contributed by atoms with Crippen molar-refractivity contribution < 1.29 is 19.1 Å². The number of nitrogens with two attached hydrogens (primary N) is 1. The number of rotatable bonds is 11. The molecule has 0 aliphatic carbocycles. The number of primary amides is 1. The van der Waals surface area contributed by atoms with Crippen molar-refractivity contribution in [3.8, 4) is 11.1 Å². The lowest BCUT2D eigenvalue weighted by atomic mass is 9.98. The van der Waals surface area contributed by atoms with Crippen molar-refractivity contribution in [1.29, 1.82) is 0 Å². The Bertz CT molecular complexity index is 1440. The van der Waals surface area contributed by atoms with E-state index in [1.165, 1.54) is 0 Å². The molecule has 3 aromatic carbocycles. The van der Waals surface area contributed by atoms with Gasteiger partial charge in [0, 0.05) is 52.0 Å². The van der Waals surface area contributed by atoms with Gasteiger partial charge < -0.3 is 25.2 Å². The topological polar surface area (TPSA) is 99.4 Å². The SMILES string of the molecule is CN(C)C(=O)c1cccc(-c2ccc(C(CN3CCOCC3)N(C)C(=O)CN(CC(N)=O)c3ccc(Cl)c(Cl)c3)cc2)c1. The fourth-order valence-electron chi connectivity index (χ4n) is 5.02. The molecule has 2 N–H and O–H groups in total. The second-order valence-electron chi connectivity index (χ2n) is 10.8. The summed E-state index contributed by atoms with van der Waals surface area (Å²) in [5.74, 6) is -0.821. The maximum atomic E-state index is 13.8. The fourth-order valence-corrected chi connectivity index (χ4v) is 5.32. The highest BCUT2D eigenvalue weighted by Crippen LogP contribution is 2.29. The molecular formula is C32H37Cl2N5O4. The van der Waals surface area contributed by atoms with Crippen molar-refractivity contribution in [2.75, 3.05) is 72.0 Å². The minimum Gasteiger partial charge on any atom is -0.379 e. The van der Waals surface area contributed by atoms with Crippen LogP contribution in [0.25, 0.3) is 11.1 Å². The molecule has 1 aliphatic rings. The van der Waals surface area contributed by atoms with Gasteiger partial charge in [0.05, 0.1) is 42.4 Å². The van der Waals surface area contributed by atoms with E-state index in [1.807, 2.05) is 42.5 Å². The fraction of sp³-hybridized carbons (Fsp3) is 0.344. The Morgan fingerprint density at radius 1 is 0.884 bits per heavy atom. The number of anilines is 1. The zero-order valence-corrected chi connectivity index (χ0v) is 26.1. The van der Waals surface area contributed by atoms with Gasteiger partial charge >= 0.3 is 0 Å². The van der Waals surface area contributed by atoms with Crippen molar-refractivity contribution in [3.05, 3.63) is 87.9 Å². The average Bonchev–Trinajstić information content (AvgIpc) is 3.00. The van der Waals surface area contributed by atoms with Gasteiger partial charge in [0.1, 0.15) is 0 Å². The summed E-state index contributed by atoms with van der Waals surface area (Å²) in [6.07, 6.45) is 0. The van der Waals surface area contributed by atoms with Gasteiger partial charge in [0.25, 0.3) is 5.91 Å². The molecule has 1 heterocycles. The smallest absolute Gasteiger partial charge is 0.253 e. The van der Waals surface area contributed by atoms with Crippen LogP contribution in [0.2, 0.25) is 10.0 Å². The van der Waals surface area contributed by atoms with Gasteiger partial charge in [-0.15, -0.1) is 0 Å². The van der Waals surface area contributed by atoms with E-state index >= 15 is 0 Å². The number of nitrogens with zero attached hydrogens (tertiary/aromatic N) is 4.